The van der Waals surface area contributed by atoms with Crippen molar-refractivity contribution >= 4 is 0 Å². The minimum absolute atomic E-state index is 0.000648. The molecule has 0 bridgehead atoms. The number of hydrogen-bond acceptors (Lipinski definition) is 3. The lowest BCUT2D eigenvalue weighted by Crippen LogP contribution is -2.20. The van der Waals surface area contributed by atoms with Crippen molar-refractivity contribution in [3.8, 4) is 5.75 Å². The lowest BCUT2D eigenvalue weighted by atomic mass is 9.98. The molecule has 2 unspecified atom stereocenters. The third kappa shape index (κ3) is 3.45. The maximum atomic E-state index is 14.2. The molecule has 1 aliphatic heterocycles. The molecule has 2 rings (SSSR count). The molecule has 0 amide bonds. The molecule has 1 N–H and O–H groups in total. The fourth-order valence-corrected chi connectivity index (χ4v) is 2.63. The average molecular weight is 267 g/mol. The lowest BCUT2D eigenvalue weighted by Gasteiger charge is -2.20. The van der Waals surface area contributed by atoms with E-state index in [-0.39, 0.29) is 11.9 Å². The number of rotatable bonds is 6. The van der Waals surface area contributed by atoms with Crippen molar-refractivity contribution in [1.82, 2.24) is 5.32 Å². The van der Waals surface area contributed by atoms with Crippen LogP contribution in [-0.2, 0) is 4.74 Å². The topological polar surface area (TPSA) is 30.5 Å². The van der Waals surface area contributed by atoms with Crippen LogP contribution in [0.1, 0.15) is 37.3 Å². The predicted octanol–water partition coefficient (Wildman–Crippen LogP) is 3.05. The summed E-state index contributed by atoms with van der Waals surface area (Å²) < 4.78 is 24.9. The number of halogens is 1. The molecule has 1 saturated heterocycles. The van der Waals surface area contributed by atoms with E-state index in [1.54, 1.807) is 6.07 Å². The van der Waals surface area contributed by atoms with Crippen LogP contribution in [-0.4, -0.2) is 26.9 Å². The van der Waals surface area contributed by atoms with Crippen molar-refractivity contribution in [1.29, 1.82) is 0 Å². The molecule has 1 aromatic rings. The Labute approximate surface area is 114 Å². The minimum atomic E-state index is -0.267. The van der Waals surface area contributed by atoms with Crippen molar-refractivity contribution in [2.24, 2.45) is 0 Å². The Kier molecular flexibility index (Phi) is 5.16. The quantitative estimate of drug-likeness (QED) is 0.859. The van der Waals surface area contributed by atoms with Gasteiger partial charge in [-0.25, -0.2) is 4.39 Å². The highest BCUT2D eigenvalue weighted by atomic mass is 19.1. The molecular formula is C15H22FNO2. The predicted molar refractivity (Wildman–Crippen MR) is 73.0 cm³/mol. The second-order valence-corrected chi connectivity index (χ2v) is 4.92. The first-order chi connectivity index (χ1) is 9.26. The molecule has 0 spiro atoms. The molecule has 19 heavy (non-hydrogen) atoms. The second kappa shape index (κ2) is 6.87. The summed E-state index contributed by atoms with van der Waals surface area (Å²) in [6.45, 7) is 0.863. The summed E-state index contributed by atoms with van der Waals surface area (Å²) >= 11 is 0. The lowest BCUT2D eigenvalue weighted by molar-refractivity contribution is 0.0997. The van der Waals surface area contributed by atoms with Crippen LogP contribution in [0.2, 0.25) is 0 Å². The van der Waals surface area contributed by atoms with E-state index in [0.717, 1.165) is 32.3 Å². The van der Waals surface area contributed by atoms with Gasteiger partial charge < -0.3 is 14.8 Å². The summed E-state index contributed by atoms with van der Waals surface area (Å²) in [7, 11) is 3.35. The summed E-state index contributed by atoms with van der Waals surface area (Å²) in [5, 5.41) is 3.18. The molecule has 1 aliphatic rings. The maximum Gasteiger partial charge on any atom is 0.169 e. The van der Waals surface area contributed by atoms with Crippen molar-refractivity contribution in [2.45, 2.75) is 37.8 Å². The monoisotopic (exact) mass is 267 g/mol. The molecule has 0 aliphatic carbocycles. The van der Waals surface area contributed by atoms with Gasteiger partial charge in [-0.1, -0.05) is 12.1 Å². The summed E-state index contributed by atoms with van der Waals surface area (Å²) in [4.78, 5) is 0. The largest absolute Gasteiger partial charge is 0.494 e. The van der Waals surface area contributed by atoms with E-state index >= 15 is 0 Å². The summed E-state index contributed by atoms with van der Waals surface area (Å²) in [5.41, 5.74) is 0.667. The highest BCUT2D eigenvalue weighted by molar-refractivity contribution is 5.33. The van der Waals surface area contributed by atoms with Gasteiger partial charge in [-0.15, -0.1) is 0 Å². The summed E-state index contributed by atoms with van der Waals surface area (Å²) in [6.07, 6.45) is 4.43. The molecule has 1 aromatic carbocycles. The highest BCUT2D eigenvalue weighted by Gasteiger charge is 2.21. The van der Waals surface area contributed by atoms with Gasteiger partial charge >= 0.3 is 0 Å². The van der Waals surface area contributed by atoms with Gasteiger partial charge in [0.1, 0.15) is 0 Å². The van der Waals surface area contributed by atoms with Gasteiger partial charge in [-0.2, -0.15) is 0 Å². The minimum Gasteiger partial charge on any atom is -0.494 e. The van der Waals surface area contributed by atoms with E-state index in [9.17, 15) is 4.39 Å². The second-order valence-electron chi connectivity index (χ2n) is 4.92. The first-order valence-electron chi connectivity index (χ1n) is 6.87. The first-order valence-corrected chi connectivity index (χ1v) is 6.87. The first kappa shape index (κ1) is 14.3. The Bertz CT molecular complexity index is 405. The van der Waals surface area contributed by atoms with Crippen molar-refractivity contribution in [3.63, 3.8) is 0 Å². The third-order valence-corrected chi connectivity index (χ3v) is 3.74. The molecule has 2 atom stereocenters. The van der Waals surface area contributed by atoms with Crippen LogP contribution in [0.4, 0.5) is 4.39 Å². The van der Waals surface area contributed by atoms with E-state index in [1.807, 2.05) is 19.2 Å². The Morgan fingerprint density at radius 3 is 3.00 bits per heavy atom. The van der Waals surface area contributed by atoms with Crippen LogP contribution in [0.25, 0.3) is 0 Å². The van der Waals surface area contributed by atoms with Crippen LogP contribution in [0.15, 0.2) is 18.2 Å². The maximum absolute atomic E-state index is 14.2. The standard InChI is InChI=1S/C15H22FNO2/c1-17-13(9-8-11-5-4-10-19-11)12-6-3-7-14(18-2)15(12)16/h3,6-7,11,13,17H,4-5,8-10H2,1-2H3. The van der Waals surface area contributed by atoms with E-state index in [0.29, 0.717) is 17.4 Å². The van der Waals surface area contributed by atoms with Gasteiger partial charge in [0.25, 0.3) is 0 Å². The average Bonchev–Trinajstić information content (AvgIpc) is 2.94. The van der Waals surface area contributed by atoms with E-state index in [2.05, 4.69) is 5.32 Å². The Morgan fingerprint density at radius 2 is 2.37 bits per heavy atom. The van der Waals surface area contributed by atoms with Crippen LogP contribution >= 0.6 is 0 Å². The van der Waals surface area contributed by atoms with Gasteiger partial charge in [-0.3, -0.25) is 0 Å². The van der Waals surface area contributed by atoms with Gasteiger partial charge in [0.05, 0.1) is 13.2 Å². The number of methoxy groups -OCH3 is 1. The molecule has 4 heteroatoms. The molecule has 1 heterocycles. The van der Waals surface area contributed by atoms with Crippen molar-refractivity contribution in [2.75, 3.05) is 20.8 Å². The third-order valence-electron chi connectivity index (χ3n) is 3.74. The molecule has 0 saturated carbocycles. The fourth-order valence-electron chi connectivity index (χ4n) is 2.63. The molecular weight excluding hydrogens is 245 g/mol. The Balaban J connectivity index is 2.03. The molecule has 1 fully saturated rings. The van der Waals surface area contributed by atoms with Gasteiger partial charge in [0, 0.05) is 18.2 Å². The van der Waals surface area contributed by atoms with Crippen LogP contribution in [0.3, 0.4) is 0 Å². The normalized spacial score (nSPS) is 20.5. The van der Waals surface area contributed by atoms with Gasteiger partial charge in [0.15, 0.2) is 11.6 Å². The zero-order chi connectivity index (χ0) is 13.7. The Morgan fingerprint density at radius 1 is 1.53 bits per heavy atom. The van der Waals surface area contributed by atoms with Crippen molar-refractivity contribution in [3.05, 3.63) is 29.6 Å². The van der Waals surface area contributed by atoms with E-state index in [1.165, 1.54) is 7.11 Å². The molecule has 106 valence electrons. The molecule has 3 nitrogen and oxygen atoms in total. The van der Waals surface area contributed by atoms with E-state index < -0.39 is 0 Å². The van der Waals surface area contributed by atoms with E-state index in [4.69, 9.17) is 9.47 Å². The number of ether oxygens (including phenoxy) is 2. The van der Waals surface area contributed by atoms with Crippen LogP contribution in [0.5, 0.6) is 5.75 Å². The number of nitrogens with one attached hydrogen (secondary N) is 1. The molecule has 0 aromatic heterocycles. The zero-order valence-corrected chi connectivity index (χ0v) is 11.6. The smallest absolute Gasteiger partial charge is 0.169 e. The van der Waals surface area contributed by atoms with Gasteiger partial charge in [0.2, 0.25) is 0 Å². The number of hydrogen-bond donors (Lipinski definition) is 1. The number of benzene rings is 1. The SMILES string of the molecule is CNC(CCC1CCCO1)c1cccc(OC)c1F. The molecule has 0 radical (unpaired) electrons. The zero-order valence-electron chi connectivity index (χ0n) is 11.6. The van der Waals surface area contributed by atoms with Crippen LogP contribution < -0.4 is 10.1 Å². The summed E-state index contributed by atoms with van der Waals surface area (Å²) in [5.74, 6) is 0.0338. The van der Waals surface area contributed by atoms with Crippen LogP contribution in [0, 0.1) is 5.82 Å². The fraction of sp³-hybridized carbons (Fsp3) is 0.600. The van der Waals surface area contributed by atoms with Crippen molar-refractivity contribution < 1.29 is 13.9 Å². The summed E-state index contributed by atoms with van der Waals surface area (Å²) in [6, 6.07) is 5.28. The highest BCUT2D eigenvalue weighted by Crippen LogP contribution is 2.29. The Hall–Kier alpha value is -1.13. The van der Waals surface area contributed by atoms with Gasteiger partial charge in [-0.05, 0) is 38.8 Å².